The molecule has 8 rings (SSSR count). The molecular weight excluding hydrogens is 488 g/mol. The first kappa shape index (κ1) is 22.2. The zero-order chi connectivity index (χ0) is 25.8. The number of fused-ring (bicyclic) bond motifs is 6. The van der Waals surface area contributed by atoms with Gasteiger partial charge in [-0.05, 0) is 42.5 Å². The van der Waals surface area contributed by atoms with E-state index in [4.69, 9.17) is 0 Å². The minimum atomic E-state index is -0.554. The number of para-hydroxylation sites is 3. The van der Waals surface area contributed by atoms with Crippen molar-refractivity contribution in [2.24, 2.45) is 0 Å². The van der Waals surface area contributed by atoms with Crippen molar-refractivity contribution in [1.29, 1.82) is 0 Å². The van der Waals surface area contributed by atoms with E-state index >= 15 is 0 Å². The lowest BCUT2D eigenvalue weighted by Crippen LogP contribution is -2.26. The Balaban J connectivity index is 1.38. The second-order valence-electron chi connectivity index (χ2n) is 10.3. The molecule has 0 N–H and O–H groups in total. The van der Waals surface area contributed by atoms with Gasteiger partial charge in [0.1, 0.15) is 0 Å². The summed E-state index contributed by atoms with van der Waals surface area (Å²) in [5.74, 6) is 0. The summed E-state index contributed by atoms with van der Waals surface area (Å²) in [6, 6.07) is 53.3. The van der Waals surface area contributed by atoms with E-state index in [0.717, 1.165) is 0 Å². The zero-order valence-corrected chi connectivity index (χ0v) is 22.9. The van der Waals surface area contributed by atoms with Gasteiger partial charge in [-0.1, -0.05) is 114 Å². The van der Waals surface area contributed by atoms with Crippen LogP contribution in [-0.4, -0.2) is 18.7 Å². The van der Waals surface area contributed by atoms with Gasteiger partial charge in [-0.3, -0.25) is 0 Å². The summed E-state index contributed by atoms with van der Waals surface area (Å²) in [7, 11) is -0.554. The van der Waals surface area contributed by atoms with Crippen molar-refractivity contribution in [3.63, 3.8) is 0 Å². The maximum Gasteiger partial charge on any atom is 0.0876 e. The van der Waals surface area contributed by atoms with Gasteiger partial charge >= 0.3 is 0 Å². The molecule has 0 aliphatic carbocycles. The van der Waals surface area contributed by atoms with Crippen LogP contribution in [0.3, 0.4) is 0 Å². The maximum atomic E-state index is 2.45. The molecule has 2 heterocycles. The zero-order valence-electron chi connectivity index (χ0n) is 21.5. The molecule has 0 bridgehead atoms. The summed E-state index contributed by atoms with van der Waals surface area (Å²) < 4.78 is 4.86. The van der Waals surface area contributed by atoms with Gasteiger partial charge in [0.25, 0.3) is 0 Å². The van der Waals surface area contributed by atoms with Crippen molar-refractivity contribution in [3.8, 4) is 11.4 Å². The molecule has 2 aromatic heterocycles. The Morgan fingerprint density at radius 3 is 1.46 bits per heavy atom. The monoisotopic (exact) mass is 514 g/mol. The first-order valence-electron chi connectivity index (χ1n) is 13.5. The Labute approximate surface area is 229 Å². The molecule has 0 spiro atoms. The van der Waals surface area contributed by atoms with Gasteiger partial charge in [0.15, 0.2) is 0 Å². The van der Waals surface area contributed by atoms with E-state index in [-0.39, 0.29) is 0 Å². The molecule has 0 radical (unpaired) electrons. The second-order valence-corrected chi connectivity index (χ2v) is 12.2. The average molecular weight is 515 g/mol. The number of nitrogens with zero attached hydrogens (tertiary/aromatic N) is 2. The van der Waals surface area contributed by atoms with Crippen LogP contribution >= 0.6 is 0 Å². The third-order valence-corrected chi connectivity index (χ3v) is 9.64. The fraction of sp³-hybridized carbons (Fsp3) is 0. The molecule has 0 saturated carbocycles. The van der Waals surface area contributed by atoms with Crippen LogP contribution in [-0.2, 0) is 0 Å². The SMILES string of the molecule is c1ccc([SiH2]c2cccc(-n3c4ccccc4c4ccc(-n5c6ccccc6c6ccccc65)cc43)c2)cc1. The molecule has 3 heteroatoms. The molecule has 0 unspecified atom stereocenters. The van der Waals surface area contributed by atoms with Crippen LogP contribution in [0.1, 0.15) is 0 Å². The normalized spacial score (nSPS) is 12.0. The van der Waals surface area contributed by atoms with E-state index in [2.05, 4.69) is 155 Å². The van der Waals surface area contributed by atoms with Crippen molar-refractivity contribution >= 4 is 63.5 Å². The Kier molecular flexibility index (Phi) is 5.03. The second kappa shape index (κ2) is 8.86. The lowest BCUT2D eigenvalue weighted by atomic mass is 10.1. The minimum absolute atomic E-state index is 0.554. The molecule has 0 aliphatic rings. The Morgan fingerprint density at radius 1 is 0.333 bits per heavy atom. The minimum Gasteiger partial charge on any atom is -0.309 e. The van der Waals surface area contributed by atoms with Gasteiger partial charge in [0.2, 0.25) is 0 Å². The van der Waals surface area contributed by atoms with E-state index in [9.17, 15) is 0 Å². The molecule has 184 valence electrons. The smallest absolute Gasteiger partial charge is 0.0876 e. The van der Waals surface area contributed by atoms with Gasteiger partial charge in [-0.2, -0.15) is 0 Å². The summed E-state index contributed by atoms with van der Waals surface area (Å²) >= 11 is 0. The van der Waals surface area contributed by atoms with Gasteiger partial charge in [-0.25, -0.2) is 0 Å². The van der Waals surface area contributed by atoms with E-state index in [1.54, 1.807) is 0 Å². The summed E-state index contributed by atoms with van der Waals surface area (Å²) in [6.45, 7) is 0. The van der Waals surface area contributed by atoms with Gasteiger partial charge < -0.3 is 9.13 Å². The van der Waals surface area contributed by atoms with Crippen LogP contribution in [0.5, 0.6) is 0 Å². The standard InChI is InChI=1S/C36H26N2Si/c1-2-12-27(13-3-1)39-28-14-10-11-25(23-28)38-35-20-9-6-17-31(35)32-22-21-26(24-36(32)38)37-33-18-7-4-15-29(33)30-16-5-8-19-34(30)37/h1-24H,39H2. The van der Waals surface area contributed by atoms with Crippen molar-refractivity contribution in [2.75, 3.05) is 0 Å². The quantitative estimate of drug-likeness (QED) is 0.224. The first-order chi connectivity index (χ1) is 19.3. The Hall–Kier alpha value is -4.86. The Bertz CT molecular complexity index is 2100. The highest BCUT2D eigenvalue weighted by Crippen LogP contribution is 2.36. The van der Waals surface area contributed by atoms with Crippen LogP contribution in [0.4, 0.5) is 0 Å². The molecule has 0 aliphatic heterocycles. The van der Waals surface area contributed by atoms with E-state index < -0.39 is 9.52 Å². The van der Waals surface area contributed by atoms with Crippen LogP contribution in [0, 0.1) is 0 Å². The lowest BCUT2D eigenvalue weighted by Gasteiger charge is -2.12. The summed E-state index contributed by atoms with van der Waals surface area (Å²) in [5, 5.41) is 8.04. The van der Waals surface area contributed by atoms with Crippen LogP contribution in [0.25, 0.3) is 55.0 Å². The molecule has 0 fully saturated rings. The van der Waals surface area contributed by atoms with E-state index in [1.165, 1.54) is 65.4 Å². The third kappa shape index (κ3) is 3.55. The largest absolute Gasteiger partial charge is 0.309 e. The van der Waals surface area contributed by atoms with Gasteiger partial charge in [0, 0.05) is 32.9 Å². The highest BCUT2D eigenvalue weighted by Gasteiger charge is 2.16. The fourth-order valence-corrected chi connectivity index (χ4v) is 7.76. The van der Waals surface area contributed by atoms with Crippen molar-refractivity contribution in [2.45, 2.75) is 0 Å². The topological polar surface area (TPSA) is 9.86 Å². The predicted octanol–water partition coefficient (Wildman–Crippen LogP) is 7.00. The molecule has 2 nitrogen and oxygen atoms in total. The third-order valence-electron chi connectivity index (χ3n) is 7.92. The van der Waals surface area contributed by atoms with Crippen molar-refractivity contribution < 1.29 is 0 Å². The predicted molar refractivity (Wildman–Crippen MR) is 169 cm³/mol. The van der Waals surface area contributed by atoms with Crippen LogP contribution in [0.15, 0.2) is 146 Å². The first-order valence-corrected chi connectivity index (χ1v) is 14.9. The van der Waals surface area contributed by atoms with Crippen molar-refractivity contribution in [1.82, 2.24) is 9.13 Å². The molecule has 39 heavy (non-hydrogen) atoms. The number of benzene rings is 6. The number of hydrogen-bond acceptors (Lipinski definition) is 0. The maximum absolute atomic E-state index is 2.45. The van der Waals surface area contributed by atoms with Gasteiger partial charge in [-0.15, -0.1) is 0 Å². The molecule has 6 aromatic carbocycles. The number of hydrogen-bond donors (Lipinski definition) is 0. The highest BCUT2D eigenvalue weighted by atomic mass is 28.2. The van der Waals surface area contributed by atoms with E-state index in [0.29, 0.717) is 0 Å². The lowest BCUT2D eigenvalue weighted by molar-refractivity contribution is 1.16. The van der Waals surface area contributed by atoms with E-state index in [1.807, 2.05) is 0 Å². The number of rotatable bonds is 4. The van der Waals surface area contributed by atoms with Crippen molar-refractivity contribution in [3.05, 3.63) is 146 Å². The Morgan fingerprint density at radius 2 is 0.821 bits per heavy atom. The fourth-order valence-electron chi connectivity index (χ4n) is 6.21. The molecule has 8 aromatic rings. The van der Waals surface area contributed by atoms with Crippen LogP contribution < -0.4 is 10.4 Å². The molecule has 0 saturated heterocycles. The summed E-state index contributed by atoms with van der Waals surface area (Å²) in [4.78, 5) is 0. The summed E-state index contributed by atoms with van der Waals surface area (Å²) in [5.41, 5.74) is 7.34. The average Bonchev–Trinajstić information content (AvgIpc) is 3.50. The summed E-state index contributed by atoms with van der Waals surface area (Å²) in [6.07, 6.45) is 0. The molecule has 0 amide bonds. The van der Waals surface area contributed by atoms with Crippen LogP contribution in [0.2, 0.25) is 0 Å². The highest BCUT2D eigenvalue weighted by molar-refractivity contribution is 6.67. The van der Waals surface area contributed by atoms with Gasteiger partial charge in [0.05, 0.1) is 31.6 Å². The number of aromatic nitrogens is 2. The molecule has 0 atom stereocenters. The molecular formula is C36H26N2Si.